The number of morpholine rings is 1. The molecule has 0 bridgehead atoms. The number of nitrogens with zero attached hydrogens (tertiary/aromatic N) is 5. The highest BCUT2D eigenvalue weighted by atomic mass is 16.5. The lowest BCUT2D eigenvalue weighted by atomic mass is 10.0. The second-order valence-electron chi connectivity index (χ2n) is 8.14. The van der Waals surface area contributed by atoms with E-state index in [-0.39, 0.29) is 0 Å². The van der Waals surface area contributed by atoms with Crippen LogP contribution in [0.3, 0.4) is 0 Å². The summed E-state index contributed by atoms with van der Waals surface area (Å²) >= 11 is 0. The van der Waals surface area contributed by atoms with Crippen LogP contribution in [0.15, 0.2) is 42.7 Å². The van der Waals surface area contributed by atoms with Gasteiger partial charge < -0.3 is 15.0 Å². The minimum atomic E-state index is 0.384. The third-order valence-electron chi connectivity index (χ3n) is 5.63. The summed E-state index contributed by atoms with van der Waals surface area (Å²) in [4.78, 5) is 2.41. The first-order chi connectivity index (χ1) is 14.6. The van der Waals surface area contributed by atoms with Gasteiger partial charge in [0.1, 0.15) is 5.82 Å². The molecule has 1 saturated heterocycles. The number of rotatable bonds is 8. The zero-order valence-corrected chi connectivity index (χ0v) is 18.2. The summed E-state index contributed by atoms with van der Waals surface area (Å²) in [6.07, 6.45) is 3.83. The Labute approximate surface area is 178 Å². The predicted octanol–water partition coefficient (Wildman–Crippen LogP) is 2.91. The highest BCUT2D eigenvalue weighted by molar-refractivity contribution is 5.51. The summed E-state index contributed by atoms with van der Waals surface area (Å²) in [5.74, 6) is 1.61. The SMILES string of the molecule is CC(C)c1nn(C)c(N2CCOCC2)c1CNCc1ccccc1Cn1cccn1. The zero-order chi connectivity index (χ0) is 20.9. The van der Waals surface area contributed by atoms with Gasteiger partial charge in [0.05, 0.1) is 25.5 Å². The Hall–Kier alpha value is -2.64. The molecule has 160 valence electrons. The molecule has 2 aromatic heterocycles. The van der Waals surface area contributed by atoms with Crippen LogP contribution in [0.4, 0.5) is 5.82 Å². The molecule has 4 rings (SSSR count). The molecular weight excluding hydrogens is 376 g/mol. The third-order valence-corrected chi connectivity index (χ3v) is 5.63. The first-order valence-electron chi connectivity index (χ1n) is 10.8. The summed E-state index contributed by atoms with van der Waals surface area (Å²) in [6.45, 7) is 10.2. The smallest absolute Gasteiger partial charge is 0.131 e. The predicted molar refractivity (Wildman–Crippen MR) is 119 cm³/mol. The first-order valence-corrected chi connectivity index (χ1v) is 10.8. The Morgan fingerprint density at radius 3 is 2.53 bits per heavy atom. The van der Waals surface area contributed by atoms with E-state index in [1.54, 1.807) is 0 Å². The molecule has 0 saturated carbocycles. The highest BCUT2D eigenvalue weighted by Crippen LogP contribution is 2.29. The van der Waals surface area contributed by atoms with Crippen LogP contribution < -0.4 is 10.2 Å². The molecule has 30 heavy (non-hydrogen) atoms. The molecule has 0 atom stereocenters. The van der Waals surface area contributed by atoms with Crippen molar-refractivity contribution in [2.75, 3.05) is 31.2 Å². The lowest BCUT2D eigenvalue weighted by molar-refractivity contribution is 0.122. The minimum Gasteiger partial charge on any atom is -0.378 e. The van der Waals surface area contributed by atoms with Crippen LogP contribution in [0.1, 0.15) is 42.1 Å². The van der Waals surface area contributed by atoms with E-state index in [1.807, 2.05) is 27.8 Å². The van der Waals surface area contributed by atoms with Gasteiger partial charge in [0, 0.05) is 51.2 Å². The van der Waals surface area contributed by atoms with Crippen molar-refractivity contribution in [3.8, 4) is 0 Å². The van der Waals surface area contributed by atoms with Crippen LogP contribution in [0.5, 0.6) is 0 Å². The second-order valence-corrected chi connectivity index (χ2v) is 8.14. The van der Waals surface area contributed by atoms with E-state index >= 15 is 0 Å². The van der Waals surface area contributed by atoms with Crippen LogP contribution in [-0.4, -0.2) is 45.9 Å². The van der Waals surface area contributed by atoms with Gasteiger partial charge in [-0.3, -0.25) is 9.36 Å². The van der Waals surface area contributed by atoms with Crippen molar-refractivity contribution in [3.05, 3.63) is 65.1 Å². The second kappa shape index (κ2) is 9.45. The largest absolute Gasteiger partial charge is 0.378 e. The van der Waals surface area contributed by atoms with Gasteiger partial charge in [-0.2, -0.15) is 10.2 Å². The Morgan fingerprint density at radius 1 is 1.07 bits per heavy atom. The minimum absolute atomic E-state index is 0.384. The molecule has 1 aromatic carbocycles. The average molecular weight is 409 g/mol. The van der Waals surface area contributed by atoms with E-state index in [9.17, 15) is 0 Å². The fourth-order valence-corrected chi connectivity index (χ4v) is 4.16. The number of aryl methyl sites for hydroxylation is 1. The molecule has 1 aliphatic rings. The van der Waals surface area contributed by atoms with Crippen molar-refractivity contribution < 1.29 is 4.74 Å². The average Bonchev–Trinajstić information content (AvgIpc) is 3.37. The molecule has 0 aliphatic carbocycles. The van der Waals surface area contributed by atoms with Crippen molar-refractivity contribution in [1.29, 1.82) is 0 Å². The molecule has 0 spiro atoms. The van der Waals surface area contributed by atoms with Gasteiger partial charge in [-0.25, -0.2) is 0 Å². The lowest BCUT2D eigenvalue weighted by Crippen LogP contribution is -2.38. The van der Waals surface area contributed by atoms with Crippen LogP contribution in [0.25, 0.3) is 0 Å². The summed E-state index contributed by atoms with van der Waals surface area (Å²) in [6, 6.07) is 10.5. The Morgan fingerprint density at radius 2 is 1.83 bits per heavy atom. The molecule has 3 heterocycles. The number of benzene rings is 1. The number of nitrogens with one attached hydrogen (secondary N) is 1. The van der Waals surface area contributed by atoms with Gasteiger partial charge in [-0.15, -0.1) is 0 Å². The Kier molecular flexibility index (Phi) is 6.50. The number of hydrogen-bond acceptors (Lipinski definition) is 5. The monoisotopic (exact) mass is 408 g/mol. The zero-order valence-electron chi connectivity index (χ0n) is 18.2. The first kappa shape index (κ1) is 20.6. The maximum atomic E-state index is 5.56. The van der Waals surface area contributed by atoms with Gasteiger partial charge in [0.25, 0.3) is 0 Å². The van der Waals surface area contributed by atoms with E-state index < -0.39 is 0 Å². The molecule has 0 amide bonds. The van der Waals surface area contributed by atoms with E-state index in [4.69, 9.17) is 9.84 Å². The van der Waals surface area contributed by atoms with Crippen molar-refractivity contribution in [2.45, 2.75) is 39.4 Å². The summed E-state index contributed by atoms with van der Waals surface area (Å²) in [5, 5.41) is 12.9. The summed E-state index contributed by atoms with van der Waals surface area (Å²) < 4.78 is 9.57. The van der Waals surface area contributed by atoms with Gasteiger partial charge in [0.15, 0.2) is 0 Å². The van der Waals surface area contributed by atoms with Crippen LogP contribution in [-0.2, 0) is 31.4 Å². The van der Waals surface area contributed by atoms with Crippen LogP contribution in [0, 0.1) is 0 Å². The van der Waals surface area contributed by atoms with Crippen molar-refractivity contribution in [3.63, 3.8) is 0 Å². The topological polar surface area (TPSA) is 60.1 Å². The summed E-state index contributed by atoms with van der Waals surface area (Å²) in [7, 11) is 2.06. The van der Waals surface area contributed by atoms with E-state index in [0.717, 1.165) is 45.9 Å². The molecule has 7 nitrogen and oxygen atoms in total. The molecule has 0 unspecified atom stereocenters. The third kappa shape index (κ3) is 4.57. The van der Waals surface area contributed by atoms with Crippen molar-refractivity contribution in [2.24, 2.45) is 7.05 Å². The van der Waals surface area contributed by atoms with Crippen molar-refractivity contribution in [1.82, 2.24) is 24.9 Å². The number of aromatic nitrogens is 4. The molecule has 7 heteroatoms. The highest BCUT2D eigenvalue weighted by Gasteiger charge is 2.24. The summed E-state index contributed by atoms with van der Waals surface area (Å²) in [5.41, 5.74) is 5.07. The quantitative estimate of drug-likeness (QED) is 0.621. The molecule has 3 aromatic rings. The lowest BCUT2D eigenvalue weighted by Gasteiger charge is -2.29. The maximum absolute atomic E-state index is 5.56. The molecule has 1 N–H and O–H groups in total. The van der Waals surface area contributed by atoms with Gasteiger partial charge >= 0.3 is 0 Å². The van der Waals surface area contributed by atoms with E-state index in [2.05, 4.69) is 60.5 Å². The number of hydrogen-bond donors (Lipinski definition) is 1. The molecular formula is C23H32N6O. The van der Waals surface area contributed by atoms with Gasteiger partial charge in [0.2, 0.25) is 0 Å². The fraction of sp³-hybridized carbons (Fsp3) is 0.478. The van der Waals surface area contributed by atoms with E-state index in [1.165, 1.54) is 28.2 Å². The number of anilines is 1. The fourth-order valence-electron chi connectivity index (χ4n) is 4.16. The molecule has 1 fully saturated rings. The normalized spacial score (nSPS) is 14.6. The Balaban J connectivity index is 1.50. The van der Waals surface area contributed by atoms with E-state index in [0.29, 0.717) is 5.92 Å². The molecule has 0 radical (unpaired) electrons. The van der Waals surface area contributed by atoms with Crippen LogP contribution in [0.2, 0.25) is 0 Å². The van der Waals surface area contributed by atoms with Gasteiger partial charge in [-0.05, 0) is 23.1 Å². The maximum Gasteiger partial charge on any atom is 0.131 e. The standard InChI is InChI=1S/C23H32N6O/c1-18(2)22-21(23(27(3)26-22)28-11-13-30-14-12-28)16-24-15-19-7-4-5-8-20(19)17-29-10-6-9-25-29/h4-10,18,24H,11-17H2,1-3H3. The van der Waals surface area contributed by atoms with Crippen molar-refractivity contribution >= 4 is 5.82 Å². The molecule has 1 aliphatic heterocycles. The number of ether oxygens (including phenoxy) is 1. The van der Waals surface area contributed by atoms with Crippen LogP contribution >= 0.6 is 0 Å². The Bertz CT molecular complexity index is 941. The van der Waals surface area contributed by atoms with Gasteiger partial charge in [-0.1, -0.05) is 38.1 Å².